The molecule has 1 aromatic carbocycles. The Balaban J connectivity index is 2.04. The van der Waals surface area contributed by atoms with Gasteiger partial charge in [0.05, 0.1) is 17.2 Å². The van der Waals surface area contributed by atoms with Crippen LogP contribution in [0.4, 0.5) is 5.82 Å². The zero-order valence-electron chi connectivity index (χ0n) is 12.7. The van der Waals surface area contributed by atoms with Crippen LogP contribution >= 0.6 is 0 Å². The molecule has 0 radical (unpaired) electrons. The van der Waals surface area contributed by atoms with Gasteiger partial charge in [0.1, 0.15) is 5.76 Å². The first-order chi connectivity index (χ1) is 11.0. The van der Waals surface area contributed by atoms with Crippen LogP contribution in [0, 0.1) is 18.3 Å². The molecule has 7 nitrogen and oxygen atoms in total. The molecule has 0 aliphatic rings. The van der Waals surface area contributed by atoms with Crippen molar-refractivity contribution in [1.82, 2.24) is 5.16 Å². The number of benzene rings is 1. The molecule has 0 spiro atoms. The highest BCUT2D eigenvalue weighted by atomic mass is 16.5. The second-order valence-electron chi connectivity index (χ2n) is 4.81. The number of anilines is 1. The predicted octanol–water partition coefficient (Wildman–Crippen LogP) is 2.43. The summed E-state index contributed by atoms with van der Waals surface area (Å²) in [6.07, 6.45) is -0.669. The van der Waals surface area contributed by atoms with E-state index in [4.69, 9.17) is 14.5 Å². The van der Waals surface area contributed by atoms with Crippen LogP contribution in [0.15, 0.2) is 34.9 Å². The van der Waals surface area contributed by atoms with E-state index in [2.05, 4.69) is 10.5 Å². The number of hydrogen-bond donors (Lipinski definition) is 1. The van der Waals surface area contributed by atoms with E-state index in [0.717, 1.165) is 0 Å². The molecule has 0 saturated heterocycles. The Morgan fingerprint density at radius 2 is 2.22 bits per heavy atom. The molecule has 118 valence electrons. The Kier molecular flexibility index (Phi) is 5.10. The van der Waals surface area contributed by atoms with Crippen molar-refractivity contribution >= 4 is 17.7 Å². The maximum absolute atomic E-state index is 12.1. The molecule has 1 aromatic heterocycles. The van der Waals surface area contributed by atoms with Crippen LogP contribution in [0.5, 0.6) is 0 Å². The van der Waals surface area contributed by atoms with Crippen molar-refractivity contribution in [3.63, 3.8) is 0 Å². The molecule has 0 aliphatic carbocycles. The highest BCUT2D eigenvalue weighted by Crippen LogP contribution is 2.12. The monoisotopic (exact) mass is 313 g/mol. The Morgan fingerprint density at radius 3 is 2.83 bits per heavy atom. The van der Waals surface area contributed by atoms with Gasteiger partial charge in [0.2, 0.25) is 0 Å². The topological polar surface area (TPSA) is 105 Å². The fraction of sp³-hybridized carbons (Fsp3) is 0.250. The number of nitrogens with one attached hydrogen (secondary N) is 1. The lowest BCUT2D eigenvalue weighted by Gasteiger charge is -2.15. The van der Waals surface area contributed by atoms with Crippen molar-refractivity contribution in [2.24, 2.45) is 0 Å². The van der Waals surface area contributed by atoms with Gasteiger partial charge in [0, 0.05) is 6.07 Å². The summed E-state index contributed by atoms with van der Waals surface area (Å²) >= 11 is 0. The van der Waals surface area contributed by atoms with Gasteiger partial charge in [-0.15, -0.1) is 0 Å². The van der Waals surface area contributed by atoms with E-state index in [1.165, 1.54) is 12.1 Å². The van der Waals surface area contributed by atoms with Gasteiger partial charge in [-0.3, -0.25) is 4.79 Å². The van der Waals surface area contributed by atoms with Gasteiger partial charge in [-0.1, -0.05) is 18.1 Å². The maximum Gasteiger partial charge on any atom is 0.338 e. The standard InChI is InChI=1S/C16H15N3O4/c1-3-13(15(20)18-14-7-10(2)23-19-14)22-16(21)12-6-4-5-11(8-12)9-17/h4-8,13H,3H2,1-2H3,(H,18,19,20). The summed E-state index contributed by atoms with van der Waals surface area (Å²) in [4.78, 5) is 24.2. The fourth-order valence-corrected chi connectivity index (χ4v) is 1.87. The highest BCUT2D eigenvalue weighted by molar-refractivity contribution is 5.97. The lowest BCUT2D eigenvalue weighted by Crippen LogP contribution is -2.32. The van der Waals surface area contributed by atoms with Crippen molar-refractivity contribution in [2.75, 3.05) is 5.32 Å². The third-order valence-electron chi connectivity index (χ3n) is 3.02. The van der Waals surface area contributed by atoms with E-state index >= 15 is 0 Å². The minimum absolute atomic E-state index is 0.215. The number of amides is 1. The quantitative estimate of drug-likeness (QED) is 0.850. The van der Waals surface area contributed by atoms with E-state index in [1.807, 2.05) is 6.07 Å². The second-order valence-corrected chi connectivity index (χ2v) is 4.81. The maximum atomic E-state index is 12.1. The number of nitriles is 1. The van der Waals surface area contributed by atoms with Crippen LogP contribution in [0.1, 0.15) is 35.0 Å². The van der Waals surface area contributed by atoms with Crippen molar-refractivity contribution < 1.29 is 18.8 Å². The summed E-state index contributed by atoms with van der Waals surface area (Å²) in [5, 5.41) is 15.0. The molecule has 1 heterocycles. The first-order valence-electron chi connectivity index (χ1n) is 6.98. The van der Waals surface area contributed by atoms with E-state index in [9.17, 15) is 9.59 Å². The van der Waals surface area contributed by atoms with Gasteiger partial charge < -0.3 is 14.6 Å². The lowest BCUT2D eigenvalue weighted by molar-refractivity contribution is -0.124. The number of esters is 1. The molecule has 1 atom stereocenters. The molecule has 23 heavy (non-hydrogen) atoms. The summed E-state index contributed by atoms with van der Waals surface area (Å²) < 4.78 is 10.1. The van der Waals surface area contributed by atoms with E-state index in [-0.39, 0.29) is 11.4 Å². The molecule has 1 N–H and O–H groups in total. The number of ether oxygens (including phenoxy) is 1. The van der Waals surface area contributed by atoms with Gasteiger partial charge in [-0.2, -0.15) is 5.26 Å². The largest absolute Gasteiger partial charge is 0.449 e. The van der Waals surface area contributed by atoms with Crippen LogP contribution in [0.3, 0.4) is 0 Å². The van der Waals surface area contributed by atoms with Crippen LogP contribution in [0.25, 0.3) is 0 Å². The van der Waals surface area contributed by atoms with Gasteiger partial charge in [-0.05, 0) is 31.5 Å². The van der Waals surface area contributed by atoms with Gasteiger partial charge in [0.25, 0.3) is 5.91 Å². The van der Waals surface area contributed by atoms with Gasteiger partial charge in [0.15, 0.2) is 11.9 Å². The summed E-state index contributed by atoms with van der Waals surface area (Å²) in [5.74, 6) is -0.349. The molecule has 1 unspecified atom stereocenters. The fourth-order valence-electron chi connectivity index (χ4n) is 1.87. The molecule has 7 heteroatoms. The molecular formula is C16H15N3O4. The van der Waals surface area contributed by atoms with Gasteiger partial charge in [-0.25, -0.2) is 4.79 Å². The third-order valence-corrected chi connectivity index (χ3v) is 3.02. The Labute approximate surface area is 132 Å². The number of rotatable bonds is 5. The predicted molar refractivity (Wildman–Crippen MR) is 80.5 cm³/mol. The highest BCUT2D eigenvalue weighted by Gasteiger charge is 2.23. The van der Waals surface area contributed by atoms with Crippen molar-refractivity contribution in [3.05, 3.63) is 47.2 Å². The summed E-state index contributed by atoms with van der Waals surface area (Å²) in [7, 11) is 0. The van der Waals surface area contributed by atoms with Crippen LogP contribution in [-0.2, 0) is 9.53 Å². The third kappa shape index (κ3) is 4.17. The zero-order chi connectivity index (χ0) is 16.8. The van der Waals surface area contributed by atoms with Crippen LogP contribution in [-0.4, -0.2) is 23.1 Å². The SMILES string of the molecule is CCC(OC(=O)c1cccc(C#N)c1)C(=O)Nc1cc(C)on1. The smallest absolute Gasteiger partial charge is 0.338 e. The second kappa shape index (κ2) is 7.22. The van der Waals surface area contributed by atoms with E-state index in [0.29, 0.717) is 17.7 Å². The van der Waals surface area contributed by atoms with Crippen molar-refractivity contribution in [1.29, 1.82) is 5.26 Å². The molecule has 2 rings (SSSR count). The van der Waals surface area contributed by atoms with Crippen molar-refractivity contribution in [2.45, 2.75) is 26.4 Å². The number of carbonyl (C=O) groups excluding carboxylic acids is 2. The molecular weight excluding hydrogens is 298 g/mol. The van der Waals surface area contributed by atoms with Gasteiger partial charge >= 0.3 is 5.97 Å². The zero-order valence-corrected chi connectivity index (χ0v) is 12.7. The molecule has 0 fully saturated rings. The molecule has 2 aromatic rings. The lowest BCUT2D eigenvalue weighted by atomic mass is 10.1. The molecule has 0 bridgehead atoms. The summed E-state index contributed by atoms with van der Waals surface area (Å²) in [5.41, 5.74) is 0.558. The first-order valence-corrected chi connectivity index (χ1v) is 6.98. The molecule has 0 saturated carbocycles. The average Bonchev–Trinajstić information content (AvgIpc) is 2.97. The Morgan fingerprint density at radius 1 is 1.43 bits per heavy atom. The van der Waals surface area contributed by atoms with E-state index < -0.39 is 18.0 Å². The average molecular weight is 313 g/mol. The van der Waals surface area contributed by atoms with Crippen molar-refractivity contribution in [3.8, 4) is 6.07 Å². The molecule has 1 amide bonds. The minimum Gasteiger partial charge on any atom is -0.449 e. The van der Waals surface area contributed by atoms with Crippen LogP contribution < -0.4 is 5.32 Å². The van der Waals surface area contributed by atoms with Crippen LogP contribution in [0.2, 0.25) is 0 Å². The number of nitrogens with zero attached hydrogens (tertiary/aromatic N) is 2. The summed E-state index contributed by atoms with van der Waals surface area (Å²) in [6.45, 7) is 3.42. The molecule has 0 aliphatic heterocycles. The first kappa shape index (κ1) is 16.2. The van der Waals surface area contributed by atoms with E-state index in [1.54, 1.807) is 32.0 Å². The normalized spacial score (nSPS) is 11.3. The Bertz CT molecular complexity index is 761. The number of hydrogen-bond acceptors (Lipinski definition) is 6. The number of aryl methyl sites for hydroxylation is 1. The number of aromatic nitrogens is 1. The number of carbonyl (C=O) groups is 2. The Hall–Kier alpha value is -3.14. The summed E-state index contributed by atoms with van der Waals surface area (Å²) in [6, 6.07) is 9.59. The minimum atomic E-state index is -0.967.